The maximum atomic E-state index is 3.55. The minimum Gasteiger partial charge on any atom is -0.311 e. The second-order valence-corrected chi connectivity index (χ2v) is 6.12. The maximum Gasteiger partial charge on any atom is 0.0254 e. The van der Waals surface area contributed by atoms with E-state index in [1.165, 1.54) is 13.1 Å². The molecule has 0 aromatic rings. The summed E-state index contributed by atoms with van der Waals surface area (Å²) in [5, 5.41) is 3.55. The van der Waals surface area contributed by atoms with E-state index in [1.807, 2.05) is 0 Å². The first-order chi connectivity index (χ1) is 7.35. The molecule has 1 aliphatic rings. The van der Waals surface area contributed by atoms with E-state index in [0.29, 0.717) is 0 Å². The van der Waals surface area contributed by atoms with Gasteiger partial charge in [-0.05, 0) is 40.4 Å². The summed E-state index contributed by atoms with van der Waals surface area (Å²) in [6, 6.07) is 0.720. The van der Waals surface area contributed by atoms with Crippen LogP contribution < -0.4 is 5.32 Å². The van der Waals surface area contributed by atoms with Crippen molar-refractivity contribution in [3.05, 3.63) is 0 Å². The third kappa shape index (κ3) is 3.72. The molecule has 0 aromatic heterocycles. The fourth-order valence-electron chi connectivity index (χ4n) is 2.94. The Bertz CT molecular complexity index is 213. The van der Waals surface area contributed by atoms with Crippen LogP contribution in [0, 0.1) is 5.92 Å². The molecule has 1 saturated heterocycles. The molecule has 1 rings (SSSR count). The Kier molecular flexibility index (Phi) is 4.77. The molecular formula is C13H29N3. The smallest absolute Gasteiger partial charge is 0.0254 e. The van der Waals surface area contributed by atoms with Crippen molar-refractivity contribution in [2.45, 2.75) is 39.3 Å². The molecule has 16 heavy (non-hydrogen) atoms. The Morgan fingerprint density at radius 3 is 2.38 bits per heavy atom. The minimum atomic E-state index is 0.232. The summed E-state index contributed by atoms with van der Waals surface area (Å²) in [5.74, 6) is 0.785. The molecule has 1 heterocycles. The lowest BCUT2D eigenvalue weighted by molar-refractivity contribution is 0.216. The highest BCUT2D eigenvalue weighted by molar-refractivity contribution is 4.91. The predicted molar refractivity (Wildman–Crippen MR) is 70.8 cm³/mol. The molecule has 1 fully saturated rings. The molecule has 3 heteroatoms. The zero-order chi connectivity index (χ0) is 12.3. The van der Waals surface area contributed by atoms with E-state index in [4.69, 9.17) is 0 Å². The first-order valence-corrected chi connectivity index (χ1v) is 6.49. The molecule has 0 aliphatic carbocycles. The predicted octanol–water partition coefficient (Wildman–Crippen LogP) is 1.26. The summed E-state index contributed by atoms with van der Waals surface area (Å²) in [6.07, 6.45) is 0. The number of likely N-dealkylation sites (N-methyl/N-ethyl adjacent to an activating group) is 2. The number of hydrogen-bond acceptors (Lipinski definition) is 3. The van der Waals surface area contributed by atoms with Gasteiger partial charge in [0.2, 0.25) is 0 Å². The van der Waals surface area contributed by atoms with Gasteiger partial charge in [0.25, 0.3) is 0 Å². The molecule has 2 unspecified atom stereocenters. The average molecular weight is 227 g/mol. The van der Waals surface area contributed by atoms with Crippen LogP contribution in [0.5, 0.6) is 0 Å². The van der Waals surface area contributed by atoms with Gasteiger partial charge in [0, 0.05) is 31.2 Å². The summed E-state index contributed by atoms with van der Waals surface area (Å²) in [4.78, 5) is 4.96. The zero-order valence-corrected chi connectivity index (χ0v) is 11.9. The average Bonchev–Trinajstić information content (AvgIpc) is 2.45. The number of nitrogens with zero attached hydrogens (tertiary/aromatic N) is 2. The topological polar surface area (TPSA) is 18.5 Å². The largest absolute Gasteiger partial charge is 0.311 e. The van der Waals surface area contributed by atoms with Crippen LogP contribution in [0.1, 0.15) is 27.7 Å². The van der Waals surface area contributed by atoms with Crippen molar-refractivity contribution in [1.82, 2.24) is 15.1 Å². The third-order valence-electron chi connectivity index (χ3n) is 3.59. The van der Waals surface area contributed by atoms with Crippen molar-refractivity contribution in [3.63, 3.8) is 0 Å². The third-order valence-corrected chi connectivity index (χ3v) is 3.59. The van der Waals surface area contributed by atoms with E-state index in [9.17, 15) is 0 Å². The lowest BCUT2D eigenvalue weighted by Gasteiger charge is -2.31. The number of nitrogens with one attached hydrogen (secondary N) is 1. The van der Waals surface area contributed by atoms with Crippen molar-refractivity contribution < 1.29 is 0 Å². The van der Waals surface area contributed by atoms with Crippen LogP contribution in [0.15, 0.2) is 0 Å². The van der Waals surface area contributed by atoms with Crippen molar-refractivity contribution in [2.24, 2.45) is 5.92 Å². The van der Waals surface area contributed by atoms with E-state index in [1.54, 1.807) is 0 Å². The van der Waals surface area contributed by atoms with Gasteiger partial charge < -0.3 is 10.2 Å². The van der Waals surface area contributed by atoms with Crippen molar-refractivity contribution >= 4 is 0 Å². The summed E-state index contributed by atoms with van der Waals surface area (Å²) in [7, 11) is 4.39. The van der Waals surface area contributed by atoms with Gasteiger partial charge >= 0.3 is 0 Å². The summed E-state index contributed by atoms with van der Waals surface area (Å²) >= 11 is 0. The molecule has 0 saturated carbocycles. The van der Waals surface area contributed by atoms with Crippen LogP contribution in [0.25, 0.3) is 0 Å². The van der Waals surface area contributed by atoms with Gasteiger partial charge in [0.15, 0.2) is 0 Å². The molecule has 0 spiro atoms. The van der Waals surface area contributed by atoms with Crippen LogP contribution in [0.3, 0.4) is 0 Å². The minimum absolute atomic E-state index is 0.232. The van der Waals surface area contributed by atoms with Gasteiger partial charge in [-0.2, -0.15) is 0 Å². The molecule has 0 amide bonds. The zero-order valence-electron chi connectivity index (χ0n) is 11.9. The molecule has 0 aromatic carbocycles. The van der Waals surface area contributed by atoms with Gasteiger partial charge in [-0.15, -0.1) is 0 Å². The Balaban J connectivity index is 2.46. The maximum absolute atomic E-state index is 3.55. The highest BCUT2D eigenvalue weighted by atomic mass is 15.3. The monoisotopic (exact) mass is 227 g/mol. The second-order valence-electron chi connectivity index (χ2n) is 6.12. The van der Waals surface area contributed by atoms with E-state index >= 15 is 0 Å². The summed E-state index contributed by atoms with van der Waals surface area (Å²) in [6.45, 7) is 13.8. The van der Waals surface area contributed by atoms with Crippen LogP contribution in [0.4, 0.5) is 0 Å². The van der Waals surface area contributed by atoms with Crippen LogP contribution in [-0.2, 0) is 0 Å². The van der Waals surface area contributed by atoms with E-state index in [-0.39, 0.29) is 5.54 Å². The number of rotatable bonds is 5. The molecule has 0 bridgehead atoms. The summed E-state index contributed by atoms with van der Waals surface area (Å²) < 4.78 is 0. The Morgan fingerprint density at radius 1 is 1.31 bits per heavy atom. The van der Waals surface area contributed by atoms with Crippen LogP contribution in [-0.4, -0.2) is 61.7 Å². The van der Waals surface area contributed by atoms with Crippen molar-refractivity contribution in [1.29, 1.82) is 0 Å². The highest BCUT2D eigenvalue weighted by Gasteiger charge is 2.33. The molecule has 1 aliphatic heterocycles. The SMILES string of the molecule is CCNC(C)(C)CN1CC(C)C(N(C)C)C1. The van der Waals surface area contributed by atoms with Crippen LogP contribution >= 0.6 is 0 Å². The quantitative estimate of drug-likeness (QED) is 0.763. The summed E-state index contributed by atoms with van der Waals surface area (Å²) in [5.41, 5.74) is 0.232. The van der Waals surface area contributed by atoms with Crippen molar-refractivity contribution in [3.8, 4) is 0 Å². The van der Waals surface area contributed by atoms with Crippen molar-refractivity contribution in [2.75, 3.05) is 40.3 Å². The molecule has 3 nitrogen and oxygen atoms in total. The molecule has 96 valence electrons. The fraction of sp³-hybridized carbons (Fsp3) is 1.00. The Labute approximate surface area is 101 Å². The van der Waals surface area contributed by atoms with Gasteiger partial charge in [-0.25, -0.2) is 0 Å². The van der Waals surface area contributed by atoms with Crippen LogP contribution in [0.2, 0.25) is 0 Å². The Morgan fingerprint density at radius 2 is 1.94 bits per heavy atom. The lowest BCUT2D eigenvalue weighted by atomic mass is 10.1. The first-order valence-electron chi connectivity index (χ1n) is 6.49. The Hall–Kier alpha value is -0.120. The standard InChI is InChI=1S/C13H29N3/c1-7-14-13(3,4)10-16-8-11(2)12(9-16)15(5)6/h11-12,14H,7-10H2,1-6H3. The van der Waals surface area contributed by atoms with Gasteiger partial charge in [-0.3, -0.25) is 4.90 Å². The fourth-order valence-corrected chi connectivity index (χ4v) is 2.94. The highest BCUT2D eigenvalue weighted by Crippen LogP contribution is 2.21. The number of hydrogen-bond donors (Lipinski definition) is 1. The molecule has 0 radical (unpaired) electrons. The lowest BCUT2D eigenvalue weighted by Crippen LogP contribution is -2.49. The van der Waals surface area contributed by atoms with E-state index < -0.39 is 0 Å². The van der Waals surface area contributed by atoms with E-state index in [0.717, 1.165) is 25.0 Å². The number of likely N-dealkylation sites (tertiary alicyclic amines) is 1. The van der Waals surface area contributed by atoms with E-state index in [2.05, 4.69) is 56.9 Å². The van der Waals surface area contributed by atoms with Gasteiger partial charge in [0.1, 0.15) is 0 Å². The van der Waals surface area contributed by atoms with Gasteiger partial charge in [0.05, 0.1) is 0 Å². The molecular weight excluding hydrogens is 198 g/mol. The first kappa shape index (κ1) is 13.9. The second kappa shape index (κ2) is 5.48. The van der Waals surface area contributed by atoms with Gasteiger partial charge in [-0.1, -0.05) is 13.8 Å². The normalized spacial score (nSPS) is 27.9. The molecule has 1 N–H and O–H groups in total. The molecule has 2 atom stereocenters.